The van der Waals surface area contributed by atoms with Gasteiger partial charge in [-0.05, 0) is 24.3 Å². The maximum atomic E-state index is 11.7. The highest BCUT2D eigenvalue weighted by molar-refractivity contribution is 7.12. The lowest BCUT2D eigenvalue weighted by molar-refractivity contribution is -0.121. The van der Waals surface area contributed by atoms with E-state index >= 15 is 0 Å². The molecule has 0 spiro atoms. The largest absolute Gasteiger partial charge is 0.356 e. The lowest BCUT2D eigenvalue weighted by atomic mass is 10.3. The van der Waals surface area contributed by atoms with Crippen LogP contribution in [0.15, 0.2) is 36.2 Å². The van der Waals surface area contributed by atoms with Crippen LogP contribution in [0.3, 0.4) is 0 Å². The summed E-state index contributed by atoms with van der Waals surface area (Å²) in [5.41, 5.74) is 0. The number of rotatable bonds is 9. The lowest BCUT2D eigenvalue weighted by Gasteiger charge is -2.06. The van der Waals surface area contributed by atoms with Gasteiger partial charge < -0.3 is 15.2 Å². The predicted molar refractivity (Wildman–Crippen MR) is 85.7 cm³/mol. The minimum Gasteiger partial charge on any atom is -0.356 e. The number of aromatic nitrogens is 2. The van der Waals surface area contributed by atoms with E-state index in [1.54, 1.807) is 18.6 Å². The summed E-state index contributed by atoms with van der Waals surface area (Å²) in [6, 6.07) is 3.63. The summed E-state index contributed by atoms with van der Waals surface area (Å²) >= 11 is 1.41. The average molecular weight is 320 g/mol. The van der Waals surface area contributed by atoms with E-state index in [-0.39, 0.29) is 11.8 Å². The van der Waals surface area contributed by atoms with E-state index < -0.39 is 0 Å². The molecule has 118 valence electrons. The Balaban J connectivity index is 1.48. The number of nitrogens with one attached hydrogen (secondary N) is 2. The van der Waals surface area contributed by atoms with Crippen LogP contribution in [0.5, 0.6) is 0 Å². The van der Waals surface area contributed by atoms with Crippen molar-refractivity contribution in [3.05, 3.63) is 41.1 Å². The van der Waals surface area contributed by atoms with Gasteiger partial charge in [0.15, 0.2) is 0 Å². The molecule has 0 saturated carbocycles. The standard InChI is InChI=1S/C15H20N4O2S/c20-14(17-7-3-9-19-10-8-16-12-19)5-1-6-18-15(21)13-4-2-11-22-13/h2,4,8,10-12H,1,3,5-7,9H2,(H,17,20)(H,18,21). The molecule has 2 aromatic heterocycles. The molecule has 2 N–H and O–H groups in total. The normalized spacial score (nSPS) is 10.4. The molecule has 7 heteroatoms. The fourth-order valence-electron chi connectivity index (χ4n) is 1.94. The second kappa shape index (κ2) is 8.99. The first-order chi connectivity index (χ1) is 10.8. The third kappa shape index (κ3) is 5.69. The van der Waals surface area contributed by atoms with Crippen LogP contribution in [-0.2, 0) is 11.3 Å². The van der Waals surface area contributed by atoms with Gasteiger partial charge in [-0.15, -0.1) is 11.3 Å². The number of imidazole rings is 1. The van der Waals surface area contributed by atoms with Gasteiger partial charge >= 0.3 is 0 Å². The number of amides is 2. The molecule has 22 heavy (non-hydrogen) atoms. The Labute approximate surface area is 133 Å². The van der Waals surface area contributed by atoms with Crippen LogP contribution in [0.2, 0.25) is 0 Å². The second-order valence-corrected chi connectivity index (χ2v) is 5.79. The molecule has 2 amide bonds. The monoisotopic (exact) mass is 320 g/mol. The third-order valence-corrected chi connectivity index (χ3v) is 3.95. The summed E-state index contributed by atoms with van der Waals surface area (Å²) < 4.78 is 1.98. The molecule has 0 aliphatic rings. The molecule has 0 radical (unpaired) electrons. The first-order valence-electron chi connectivity index (χ1n) is 7.30. The summed E-state index contributed by atoms with van der Waals surface area (Å²) in [6.45, 7) is 2.01. The Morgan fingerprint density at radius 1 is 1.23 bits per heavy atom. The van der Waals surface area contributed by atoms with Gasteiger partial charge in [-0.2, -0.15) is 0 Å². The number of hydrogen-bond donors (Lipinski definition) is 2. The van der Waals surface area contributed by atoms with Crippen molar-refractivity contribution in [1.29, 1.82) is 0 Å². The van der Waals surface area contributed by atoms with Crippen molar-refractivity contribution in [3.8, 4) is 0 Å². The summed E-state index contributed by atoms with van der Waals surface area (Å²) in [4.78, 5) is 28.0. The third-order valence-electron chi connectivity index (χ3n) is 3.09. The van der Waals surface area contributed by atoms with Gasteiger partial charge in [0.05, 0.1) is 11.2 Å². The van der Waals surface area contributed by atoms with E-state index in [1.165, 1.54) is 11.3 Å². The van der Waals surface area contributed by atoms with Gasteiger partial charge in [0.25, 0.3) is 5.91 Å². The van der Waals surface area contributed by atoms with E-state index in [0.717, 1.165) is 13.0 Å². The van der Waals surface area contributed by atoms with Crippen molar-refractivity contribution in [3.63, 3.8) is 0 Å². The van der Waals surface area contributed by atoms with E-state index in [9.17, 15) is 9.59 Å². The summed E-state index contributed by atoms with van der Waals surface area (Å²) in [6.07, 6.45) is 7.34. The Bertz CT molecular complexity index is 566. The molecular formula is C15H20N4O2S. The van der Waals surface area contributed by atoms with Crippen LogP contribution in [0.25, 0.3) is 0 Å². The van der Waals surface area contributed by atoms with Crippen LogP contribution >= 0.6 is 11.3 Å². The minimum atomic E-state index is -0.0734. The van der Waals surface area contributed by atoms with Gasteiger partial charge in [-0.3, -0.25) is 9.59 Å². The predicted octanol–water partition coefficient (Wildman–Crippen LogP) is 1.66. The Morgan fingerprint density at radius 2 is 2.09 bits per heavy atom. The summed E-state index contributed by atoms with van der Waals surface area (Å²) in [5, 5.41) is 7.55. The minimum absolute atomic E-state index is 0.0241. The molecule has 0 bridgehead atoms. The first-order valence-corrected chi connectivity index (χ1v) is 8.18. The maximum absolute atomic E-state index is 11.7. The molecule has 2 rings (SSSR count). The number of carbonyl (C=O) groups is 2. The van der Waals surface area contributed by atoms with Gasteiger partial charge in [0, 0.05) is 38.4 Å². The number of aryl methyl sites for hydroxylation is 1. The van der Waals surface area contributed by atoms with Crippen LogP contribution in [0.1, 0.15) is 28.9 Å². The van der Waals surface area contributed by atoms with E-state index in [1.807, 2.05) is 22.2 Å². The van der Waals surface area contributed by atoms with Crippen molar-refractivity contribution in [2.24, 2.45) is 0 Å². The molecule has 0 aliphatic heterocycles. The smallest absolute Gasteiger partial charge is 0.261 e. The number of hydrogen-bond acceptors (Lipinski definition) is 4. The van der Waals surface area contributed by atoms with E-state index in [4.69, 9.17) is 0 Å². The van der Waals surface area contributed by atoms with Gasteiger partial charge in [-0.1, -0.05) is 6.07 Å². The zero-order valence-corrected chi connectivity index (χ0v) is 13.1. The molecule has 6 nitrogen and oxygen atoms in total. The van der Waals surface area contributed by atoms with Crippen molar-refractivity contribution >= 4 is 23.2 Å². The van der Waals surface area contributed by atoms with Crippen LogP contribution < -0.4 is 10.6 Å². The molecular weight excluding hydrogens is 300 g/mol. The molecule has 0 atom stereocenters. The van der Waals surface area contributed by atoms with Gasteiger partial charge in [-0.25, -0.2) is 4.98 Å². The topological polar surface area (TPSA) is 76.0 Å². The second-order valence-electron chi connectivity index (χ2n) is 4.84. The van der Waals surface area contributed by atoms with E-state index in [0.29, 0.717) is 30.8 Å². The SMILES string of the molecule is O=C(CCCNC(=O)c1cccs1)NCCCn1ccnc1. The van der Waals surface area contributed by atoms with Crippen molar-refractivity contribution in [2.75, 3.05) is 13.1 Å². The van der Waals surface area contributed by atoms with Crippen LogP contribution in [-0.4, -0.2) is 34.5 Å². The molecule has 2 aromatic rings. The first kappa shape index (κ1) is 16.2. The fourth-order valence-corrected chi connectivity index (χ4v) is 2.58. The molecule has 2 heterocycles. The highest BCUT2D eigenvalue weighted by Gasteiger charge is 2.06. The summed E-state index contributed by atoms with van der Waals surface area (Å²) in [5.74, 6) is -0.0493. The Kier molecular flexibility index (Phi) is 6.63. The maximum Gasteiger partial charge on any atom is 0.261 e. The van der Waals surface area contributed by atoms with Gasteiger partial charge in [0.1, 0.15) is 0 Å². The van der Waals surface area contributed by atoms with Crippen molar-refractivity contribution < 1.29 is 9.59 Å². The highest BCUT2D eigenvalue weighted by Crippen LogP contribution is 2.07. The lowest BCUT2D eigenvalue weighted by Crippen LogP contribution is -2.28. The summed E-state index contributed by atoms with van der Waals surface area (Å²) in [7, 11) is 0. The molecule has 0 aromatic carbocycles. The Morgan fingerprint density at radius 3 is 2.82 bits per heavy atom. The van der Waals surface area contributed by atoms with Crippen molar-refractivity contribution in [1.82, 2.24) is 20.2 Å². The zero-order chi connectivity index (χ0) is 15.6. The van der Waals surface area contributed by atoms with E-state index in [2.05, 4.69) is 15.6 Å². The Hall–Kier alpha value is -2.15. The van der Waals surface area contributed by atoms with Crippen LogP contribution in [0.4, 0.5) is 0 Å². The fraction of sp³-hybridized carbons (Fsp3) is 0.400. The molecule has 0 saturated heterocycles. The van der Waals surface area contributed by atoms with Crippen LogP contribution in [0, 0.1) is 0 Å². The molecule has 0 fully saturated rings. The zero-order valence-electron chi connectivity index (χ0n) is 12.3. The number of carbonyl (C=O) groups excluding carboxylic acids is 2. The van der Waals surface area contributed by atoms with Crippen molar-refractivity contribution in [2.45, 2.75) is 25.8 Å². The molecule has 0 unspecified atom stereocenters. The number of nitrogens with zero attached hydrogens (tertiary/aromatic N) is 2. The highest BCUT2D eigenvalue weighted by atomic mass is 32.1. The quantitative estimate of drug-likeness (QED) is 0.690. The number of thiophene rings is 1. The molecule has 0 aliphatic carbocycles. The van der Waals surface area contributed by atoms with Gasteiger partial charge in [0.2, 0.25) is 5.91 Å². The average Bonchev–Trinajstić information content (AvgIpc) is 3.21.